The molecule has 11 heavy (non-hydrogen) atoms. The van der Waals surface area contributed by atoms with Crippen LogP contribution in [0.15, 0.2) is 12.2 Å². The van der Waals surface area contributed by atoms with Crippen LogP contribution in [0.1, 0.15) is 13.3 Å². The largest absolute Gasteiger partial charge is 0.351 e. The summed E-state index contributed by atoms with van der Waals surface area (Å²) in [7, 11) is 0. The van der Waals surface area contributed by atoms with Gasteiger partial charge in [0.2, 0.25) is 5.91 Å². The summed E-state index contributed by atoms with van der Waals surface area (Å²) in [5.74, 6) is 0.203. The van der Waals surface area contributed by atoms with Gasteiger partial charge in [-0.05, 0) is 6.92 Å². The van der Waals surface area contributed by atoms with E-state index in [0.717, 1.165) is 0 Å². The average molecular weight is 153 g/mol. The van der Waals surface area contributed by atoms with Gasteiger partial charge in [0.15, 0.2) is 0 Å². The predicted molar refractivity (Wildman–Crippen MR) is 39.8 cm³/mol. The third kappa shape index (κ3) is 1.05. The van der Waals surface area contributed by atoms with Crippen molar-refractivity contribution in [3.63, 3.8) is 0 Å². The third-order valence-corrected chi connectivity index (χ3v) is 2.10. The summed E-state index contributed by atoms with van der Waals surface area (Å²) < 4.78 is 5.50. The minimum atomic E-state index is 0.0486. The van der Waals surface area contributed by atoms with Crippen LogP contribution in [0.5, 0.6) is 0 Å². The van der Waals surface area contributed by atoms with Crippen LogP contribution in [0.2, 0.25) is 0 Å². The Labute approximate surface area is 65.6 Å². The van der Waals surface area contributed by atoms with Gasteiger partial charge < -0.3 is 9.64 Å². The fourth-order valence-electron chi connectivity index (χ4n) is 1.43. The molecule has 0 aliphatic carbocycles. The Morgan fingerprint density at radius 2 is 2.55 bits per heavy atom. The minimum absolute atomic E-state index is 0.0486. The number of carbonyl (C=O) groups excluding carboxylic acids is 1. The number of β-lactam (4-membered cyclic amide) rings is 1. The first-order valence-corrected chi connectivity index (χ1v) is 3.89. The fraction of sp³-hybridized carbons (Fsp3) is 0.625. The van der Waals surface area contributed by atoms with Crippen molar-refractivity contribution in [1.29, 1.82) is 0 Å². The van der Waals surface area contributed by atoms with E-state index in [1.165, 1.54) is 0 Å². The molecule has 3 nitrogen and oxygen atoms in total. The number of carbonyl (C=O) groups is 1. The Hall–Kier alpha value is -0.830. The normalized spacial score (nSPS) is 36.1. The molecule has 1 amide bonds. The molecule has 2 aliphatic heterocycles. The van der Waals surface area contributed by atoms with E-state index < -0.39 is 0 Å². The number of hydrogen-bond donors (Lipinski definition) is 0. The van der Waals surface area contributed by atoms with Gasteiger partial charge in [-0.25, -0.2) is 0 Å². The SMILES string of the molecule is CC1C=CCN2C(=O)CC2O1. The van der Waals surface area contributed by atoms with E-state index >= 15 is 0 Å². The zero-order valence-electron chi connectivity index (χ0n) is 6.49. The van der Waals surface area contributed by atoms with Crippen LogP contribution in [-0.4, -0.2) is 29.7 Å². The molecule has 0 aromatic heterocycles. The summed E-state index contributed by atoms with van der Waals surface area (Å²) >= 11 is 0. The maximum atomic E-state index is 10.9. The van der Waals surface area contributed by atoms with Crippen molar-refractivity contribution in [3.8, 4) is 0 Å². The first-order chi connectivity index (χ1) is 5.27. The van der Waals surface area contributed by atoms with E-state index in [-0.39, 0.29) is 18.2 Å². The van der Waals surface area contributed by atoms with Crippen molar-refractivity contribution in [2.24, 2.45) is 0 Å². The van der Waals surface area contributed by atoms with Crippen molar-refractivity contribution < 1.29 is 9.53 Å². The van der Waals surface area contributed by atoms with Crippen molar-refractivity contribution in [1.82, 2.24) is 4.90 Å². The van der Waals surface area contributed by atoms with E-state index in [2.05, 4.69) is 0 Å². The molecule has 0 N–H and O–H groups in total. The van der Waals surface area contributed by atoms with Crippen molar-refractivity contribution in [2.75, 3.05) is 6.54 Å². The van der Waals surface area contributed by atoms with Crippen molar-refractivity contribution in [2.45, 2.75) is 25.7 Å². The van der Waals surface area contributed by atoms with Gasteiger partial charge in [-0.3, -0.25) is 4.79 Å². The number of ether oxygens (including phenoxy) is 1. The molecule has 0 bridgehead atoms. The van der Waals surface area contributed by atoms with Gasteiger partial charge in [0, 0.05) is 6.54 Å². The summed E-state index contributed by atoms with van der Waals surface area (Å²) in [6.45, 7) is 2.70. The number of rotatable bonds is 0. The van der Waals surface area contributed by atoms with Crippen LogP contribution in [0, 0.1) is 0 Å². The number of nitrogens with zero attached hydrogens (tertiary/aromatic N) is 1. The highest BCUT2D eigenvalue weighted by Crippen LogP contribution is 2.23. The summed E-state index contributed by atoms with van der Waals surface area (Å²) in [5.41, 5.74) is 0. The molecule has 0 saturated carbocycles. The average Bonchev–Trinajstić information content (AvgIpc) is 2.09. The lowest BCUT2D eigenvalue weighted by atomic mass is 10.2. The summed E-state index contributed by atoms with van der Waals surface area (Å²) in [6, 6.07) is 0. The molecule has 1 saturated heterocycles. The molecule has 0 aromatic carbocycles. The minimum Gasteiger partial charge on any atom is -0.351 e. The Morgan fingerprint density at radius 3 is 3.27 bits per heavy atom. The highest BCUT2D eigenvalue weighted by atomic mass is 16.5. The summed E-state index contributed by atoms with van der Waals surface area (Å²) in [6.07, 6.45) is 4.74. The Kier molecular flexibility index (Phi) is 1.46. The third-order valence-electron chi connectivity index (χ3n) is 2.10. The second kappa shape index (κ2) is 2.34. The van der Waals surface area contributed by atoms with Crippen molar-refractivity contribution in [3.05, 3.63) is 12.2 Å². The molecule has 2 unspecified atom stereocenters. The van der Waals surface area contributed by atoms with Crippen LogP contribution < -0.4 is 0 Å². The zero-order valence-corrected chi connectivity index (χ0v) is 6.49. The highest BCUT2D eigenvalue weighted by molar-refractivity contribution is 5.82. The van der Waals surface area contributed by atoms with Gasteiger partial charge >= 0.3 is 0 Å². The topological polar surface area (TPSA) is 29.5 Å². The molecule has 2 rings (SSSR count). The van der Waals surface area contributed by atoms with Gasteiger partial charge in [0.05, 0.1) is 12.5 Å². The van der Waals surface area contributed by atoms with Crippen LogP contribution in [-0.2, 0) is 9.53 Å². The number of hydrogen-bond acceptors (Lipinski definition) is 2. The van der Waals surface area contributed by atoms with Crippen LogP contribution in [0.3, 0.4) is 0 Å². The number of amides is 1. The molecular formula is C8H11NO2. The van der Waals surface area contributed by atoms with Crippen LogP contribution >= 0.6 is 0 Å². The smallest absolute Gasteiger partial charge is 0.229 e. The van der Waals surface area contributed by atoms with Gasteiger partial charge in [0.1, 0.15) is 6.23 Å². The first-order valence-electron chi connectivity index (χ1n) is 3.89. The molecule has 60 valence electrons. The van der Waals surface area contributed by atoms with E-state index in [1.807, 2.05) is 19.1 Å². The van der Waals surface area contributed by atoms with E-state index in [9.17, 15) is 4.79 Å². The van der Waals surface area contributed by atoms with Gasteiger partial charge in [-0.2, -0.15) is 0 Å². The maximum Gasteiger partial charge on any atom is 0.229 e. The van der Waals surface area contributed by atoms with Gasteiger partial charge in [-0.1, -0.05) is 12.2 Å². The molecule has 2 aliphatic rings. The Bertz CT molecular complexity index is 212. The molecule has 0 radical (unpaired) electrons. The zero-order chi connectivity index (χ0) is 7.84. The maximum absolute atomic E-state index is 10.9. The first kappa shape index (κ1) is 6.85. The fourth-order valence-corrected chi connectivity index (χ4v) is 1.43. The second-order valence-corrected chi connectivity index (χ2v) is 2.97. The quantitative estimate of drug-likeness (QED) is 0.375. The highest BCUT2D eigenvalue weighted by Gasteiger charge is 2.37. The second-order valence-electron chi connectivity index (χ2n) is 2.97. The van der Waals surface area contributed by atoms with Crippen LogP contribution in [0.25, 0.3) is 0 Å². The summed E-state index contributed by atoms with van der Waals surface area (Å²) in [5, 5.41) is 0. The van der Waals surface area contributed by atoms with E-state index in [1.54, 1.807) is 4.90 Å². The lowest BCUT2D eigenvalue weighted by molar-refractivity contribution is -0.174. The molecule has 3 heteroatoms. The summed E-state index contributed by atoms with van der Waals surface area (Å²) in [4.78, 5) is 12.7. The lowest BCUT2D eigenvalue weighted by Crippen LogP contribution is -2.53. The number of fused-ring (bicyclic) bond motifs is 1. The Balaban J connectivity index is 2.07. The lowest BCUT2D eigenvalue weighted by Gasteiger charge is -2.38. The van der Waals surface area contributed by atoms with Crippen LogP contribution in [0.4, 0.5) is 0 Å². The molecule has 0 spiro atoms. The van der Waals surface area contributed by atoms with Crippen molar-refractivity contribution >= 4 is 5.91 Å². The molecule has 0 aromatic rings. The predicted octanol–water partition coefficient (Wildman–Crippen LogP) is 0.520. The molecular weight excluding hydrogens is 142 g/mol. The monoisotopic (exact) mass is 153 g/mol. The molecule has 1 fully saturated rings. The van der Waals surface area contributed by atoms with Gasteiger partial charge in [0.25, 0.3) is 0 Å². The standard InChI is InChI=1S/C8H11NO2/c1-6-3-2-4-9-7(10)5-8(9)11-6/h2-3,6,8H,4-5H2,1H3. The van der Waals surface area contributed by atoms with E-state index in [4.69, 9.17) is 4.74 Å². The molecule has 2 heterocycles. The van der Waals surface area contributed by atoms with E-state index in [0.29, 0.717) is 13.0 Å². The molecule has 2 atom stereocenters. The van der Waals surface area contributed by atoms with Gasteiger partial charge in [-0.15, -0.1) is 0 Å². The Morgan fingerprint density at radius 1 is 1.73 bits per heavy atom.